The predicted octanol–water partition coefficient (Wildman–Crippen LogP) is 3.13. The lowest BCUT2D eigenvalue weighted by atomic mass is 9.72. The molecule has 0 heterocycles. The number of hydrogen-bond donors (Lipinski definition) is 1. The zero-order valence-corrected chi connectivity index (χ0v) is 10.5. The molecular weight excluding hydrogens is 268 g/mol. The van der Waals surface area contributed by atoms with Crippen LogP contribution < -0.4 is 0 Å². The van der Waals surface area contributed by atoms with E-state index in [4.69, 9.17) is 0 Å². The molecule has 0 saturated heterocycles. The third-order valence-electron chi connectivity index (χ3n) is 4.06. The molecule has 3 rings (SSSR count). The van der Waals surface area contributed by atoms with E-state index in [1.165, 1.54) is 11.1 Å². The highest BCUT2D eigenvalue weighted by molar-refractivity contribution is 9.10. The van der Waals surface area contributed by atoms with Crippen LogP contribution in [0, 0.1) is 5.92 Å². The summed E-state index contributed by atoms with van der Waals surface area (Å²) < 4.78 is 1.09. The number of rotatable bonds is 1. The van der Waals surface area contributed by atoms with Crippen molar-refractivity contribution < 1.29 is 9.90 Å². The Morgan fingerprint density at radius 1 is 1.44 bits per heavy atom. The third-order valence-corrected chi connectivity index (χ3v) is 4.55. The molecule has 0 bridgehead atoms. The Morgan fingerprint density at radius 3 is 2.81 bits per heavy atom. The second-order valence-corrected chi connectivity index (χ2v) is 5.80. The fraction of sp³-hybridized carbons (Fsp3) is 0.462. The number of aryl methyl sites for hydroxylation is 1. The molecule has 1 aromatic carbocycles. The molecule has 0 amide bonds. The lowest BCUT2D eigenvalue weighted by Crippen LogP contribution is -2.33. The number of halogens is 1. The summed E-state index contributed by atoms with van der Waals surface area (Å²) >= 11 is 3.48. The summed E-state index contributed by atoms with van der Waals surface area (Å²) in [4.78, 5) is 11.3. The first kappa shape index (κ1) is 10.3. The minimum Gasteiger partial charge on any atom is -0.481 e. The molecule has 1 saturated carbocycles. The molecule has 2 nitrogen and oxygen atoms in total. The Kier molecular flexibility index (Phi) is 2.15. The van der Waals surface area contributed by atoms with Crippen LogP contribution >= 0.6 is 15.9 Å². The summed E-state index contributed by atoms with van der Waals surface area (Å²) in [7, 11) is 0. The summed E-state index contributed by atoms with van der Waals surface area (Å²) in [6.07, 6.45) is 3.77. The van der Waals surface area contributed by atoms with Crippen LogP contribution in [0.3, 0.4) is 0 Å². The summed E-state index contributed by atoms with van der Waals surface area (Å²) in [6.45, 7) is 0. The third kappa shape index (κ3) is 1.34. The van der Waals surface area contributed by atoms with Crippen molar-refractivity contribution in [2.75, 3.05) is 0 Å². The molecule has 0 aliphatic heterocycles. The molecule has 2 aliphatic rings. The van der Waals surface area contributed by atoms with Gasteiger partial charge in [0.2, 0.25) is 0 Å². The van der Waals surface area contributed by atoms with Crippen molar-refractivity contribution in [3.05, 3.63) is 33.8 Å². The van der Waals surface area contributed by atoms with E-state index < -0.39 is 5.97 Å². The Morgan fingerprint density at radius 2 is 2.19 bits per heavy atom. The van der Waals surface area contributed by atoms with E-state index in [-0.39, 0.29) is 11.3 Å². The smallest absolute Gasteiger partial charge is 0.307 e. The van der Waals surface area contributed by atoms with Crippen LogP contribution in [0.5, 0.6) is 0 Å². The first-order valence-corrected chi connectivity index (χ1v) is 6.44. The summed E-state index contributed by atoms with van der Waals surface area (Å²) in [5.41, 5.74) is 2.60. The van der Waals surface area contributed by atoms with E-state index >= 15 is 0 Å². The van der Waals surface area contributed by atoms with Gasteiger partial charge in [-0.1, -0.05) is 22.0 Å². The number of benzene rings is 1. The SMILES string of the molecule is O=C(O)C1CCc2cc(Br)ccc2C12CC2. The van der Waals surface area contributed by atoms with E-state index in [1.54, 1.807) is 0 Å². The molecule has 2 aliphatic carbocycles. The quantitative estimate of drug-likeness (QED) is 0.858. The maximum Gasteiger partial charge on any atom is 0.307 e. The molecule has 1 N–H and O–H groups in total. The molecular formula is C13H13BrO2. The van der Waals surface area contributed by atoms with Crippen molar-refractivity contribution >= 4 is 21.9 Å². The molecule has 0 aromatic heterocycles. The highest BCUT2D eigenvalue weighted by Gasteiger charge is 2.55. The molecule has 84 valence electrons. The second-order valence-electron chi connectivity index (χ2n) is 4.89. The van der Waals surface area contributed by atoms with Gasteiger partial charge >= 0.3 is 5.97 Å². The Hall–Kier alpha value is -0.830. The van der Waals surface area contributed by atoms with E-state index in [9.17, 15) is 9.90 Å². The maximum absolute atomic E-state index is 11.3. The van der Waals surface area contributed by atoms with Gasteiger partial charge in [-0.05, 0) is 48.9 Å². The first-order chi connectivity index (χ1) is 7.63. The largest absolute Gasteiger partial charge is 0.481 e. The van der Waals surface area contributed by atoms with Gasteiger partial charge in [0.1, 0.15) is 0 Å². The van der Waals surface area contributed by atoms with Crippen LogP contribution in [0.25, 0.3) is 0 Å². The van der Waals surface area contributed by atoms with Gasteiger partial charge < -0.3 is 5.11 Å². The van der Waals surface area contributed by atoms with Gasteiger partial charge in [-0.15, -0.1) is 0 Å². The van der Waals surface area contributed by atoms with E-state index in [0.29, 0.717) is 0 Å². The van der Waals surface area contributed by atoms with E-state index in [0.717, 1.165) is 30.2 Å². The van der Waals surface area contributed by atoms with Gasteiger partial charge in [0.15, 0.2) is 0 Å². The molecule has 1 unspecified atom stereocenters. The van der Waals surface area contributed by atoms with Crippen molar-refractivity contribution in [2.24, 2.45) is 5.92 Å². The summed E-state index contributed by atoms with van der Waals surface area (Å²) in [6, 6.07) is 6.29. The van der Waals surface area contributed by atoms with E-state index in [1.807, 2.05) is 6.07 Å². The number of fused-ring (bicyclic) bond motifs is 2. The van der Waals surface area contributed by atoms with Crippen molar-refractivity contribution in [1.29, 1.82) is 0 Å². The monoisotopic (exact) mass is 280 g/mol. The fourth-order valence-corrected chi connectivity index (χ4v) is 3.54. The van der Waals surface area contributed by atoms with Crippen molar-refractivity contribution in [1.82, 2.24) is 0 Å². The van der Waals surface area contributed by atoms with Gasteiger partial charge in [0.25, 0.3) is 0 Å². The molecule has 0 radical (unpaired) electrons. The fourth-order valence-electron chi connectivity index (χ4n) is 3.13. The minimum absolute atomic E-state index is 0.0277. The zero-order valence-electron chi connectivity index (χ0n) is 8.87. The Labute approximate surface area is 103 Å². The lowest BCUT2D eigenvalue weighted by molar-refractivity contribution is -0.143. The average molecular weight is 281 g/mol. The van der Waals surface area contributed by atoms with Gasteiger partial charge in [-0.3, -0.25) is 4.79 Å². The zero-order chi connectivity index (χ0) is 11.3. The predicted molar refractivity (Wildman–Crippen MR) is 64.5 cm³/mol. The minimum atomic E-state index is -0.619. The van der Waals surface area contributed by atoms with Crippen LogP contribution in [-0.4, -0.2) is 11.1 Å². The number of carboxylic acids is 1. The second kappa shape index (κ2) is 3.33. The molecule has 16 heavy (non-hydrogen) atoms. The number of hydrogen-bond acceptors (Lipinski definition) is 1. The lowest BCUT2D eigenvalue weighted by Gasteiger charge is -2.31. The first-order valence-electron chi connectivity index (χ1n) is 5.65. The molecule has 1 fully saturated rings. The molecule has 1 aromatic rings. The standard InChI is InChI=1S/C13H13BrO2/c14-9-2-4-10-8(7-9)1-3-11(12(15)16)13(10)5-6-13/h2,4,7,11H,1,3,5-6H2,(H,15,16). The number of carboxylic acid groups (broad SMARTS) is 1. The van der Waals surface area contributed by atoms with Crippen molar-refractivity contribution in [3.8, 4) is 0 Å². The van der Waals surface area contributed by atoms with Crippen molar-refractivity contribution in [3.63, 3.8) is 0 Å². The normalized spacial score (nSPS) is 25.2. The molecule has 3 heteroatoms. The molecule has 1 spiro atoms. The number of carbonyl (C=O) groups is 1. The van der Waals surface area contributed by atoms with Crippen LogP contribution in [0.15, 0.2) is 22.7 Å². The highest BCUT2D eigenvalue weighted by atomic mass is 79.9. The van der Waals surface area contributed by atoms with Gasteiger partial charge in [-0.2, -0.15) is 0 Å². The topological polar surface area (TPSA) is 37.3 Å². The van der Waals surface area contributed by atoms with Crippen molar-refractivity contribution in [2.45, 2.75) is 31.1 Å². The Balaban J connectivity index is 2.09. The van der Waals surface area contributed by atoms with Gasteiger partial charge in [-0.25, -0.2) is 0 Å². The Bertz CT molecular complexity index is 463. The van der Waals surface area contributed by atoms with Crippen LogP contribution in [-0.2, 0) is 16.6 Å². The highest BCUT2D eigenvalue weighted by Crippen LogP contribution is 2.58. The maximum atomic E-state index is 11.3. The van der Waals surface area contributed by atoms with Gasteiger partial charge in [0, 0.05) is 9.89 Å². The van der Waals surface area contributed by atoms with Gasteiger partial charge in [0.05, 0.1) is 5.92 Å². The van der Waals surface area contributed by atoms with Crippen LogP contribution in [0.4, 0.5) is 0 Å². The van der Waals surface area contributed by atoms with E-state index in [2.05, 4.69) is 28.1 Å². The molecule has 1 atom stereocenters. The average Bonchev–Trinajstić information content (AvgIpc) is 2.98. The van der Waals surface area contributed by atoms with Crippen LogP contribution in [0.1, 0.15) is 30.4 Å². The number of aliphatic carboxylic acids is 1. The summed E-state index contributed by atoms with van der Waals surface area (Å²) in [5.74, 6) is -0.785. The van der Waals surface area contributed by atoms with Crippen LogP contribution in [0.2, 0.25) is 0 Å². The summed E-state index contributed by atoms with van der Waals surface area (Å²) in [5, 5.41) is 9.28.